The van der Waals surface area contributed by atoms with Gasteiger partial charge >= 0.3 is 5.97 Å². The highest BCUT2D eigenvalue weighted by Gasteiger charge is 2.07. The summed E-state index contributed by atoms with van der Waals surface area (Å²) < 4.78 is 29.3. The van der Waals surface area contributed by atoms with Crippen LogP contribution in [-0.4, -0.2) is 30.8 Å². The molecule has 0 saturated carbocycles. The fourth-order valence-electron chi connectivity index (χ4n) is 2.79. The highest BCUT2D eigenvalue weighted by Crippen LogP contribution is 2.21. The van der Waals surface area contributed by atoms with Gasteiger partial charge in [0.05, 0.1) is 13.2 Å². The van der Waals surface area contributed by atoms with Crippen LogP contribution in [-0.2, 0) is 16.0 Å². The standard InChI is InChI=1S/C21H22FNO4/c1-2-25-17-6-8-18(9-7-17)27-14-21(24)26-11-3-4-15-13-23-20-10-5-16(22)12-19(15)20/h5-10,12-13,23H,2-4,11,14H2,1H3. The predicted molar refractivity (Wildman–Crippen MR) is 101 cm³/mol. The van der Waals surface area contributed by atoms with E-state index >= 15 is 0 Å². The van der Waals surface area contributed by atoms with E-state index in [2.05, 4.69) is 4.98 Å². The van der Waals surface area contributed by atoms with Crippen molar-refractivity contribution in [2.75, 3.05) is 19.8 Å². The molecular formula is C21H22FNO4. The third-order valence-corrected chi connectivity index (χ3v) is 4.07. The van der Waals surface area contributed by atoms with Gasteiger partial charge in [-0.2, -0.15) is 0 Å². The van der Waals surface area contributed by atoms with E-state index in [4.69, 9.17) is 14.2 Å². The number of rotatable bonds is 9. The van der Waals surface area contributed by atoms with Crippen LogP contribution < -0.4 is 9.47 Å². The first-order chi connectivity index (χ1) is 13.2. The zero-order valence-corrected chi connectivity index (χ0v) is 15.2. The quantitative estimate of drug-likeness (QED) is 0.451. The maximum atomic E-state index is 13.4. The molecule has 0 spiro atoms. The molecule has 0 amide bonds. The topological polar surface area (TPSA) is 60.6 Å². The largest absolute Gasteiger partial charge is 0.494 e. The Hall–Kier alpha value is -3.02. The van der Waals surface area contributed by atoms with Crippen LogP contribution in [0.1, 0.15) is 18.9 Å². The van der Waals surface area contributed by atoms with Crippen molar-refractivity contribution in [2.45, 2.75) is 19.8 Å². The van der Waals surface area contributed by atoms with Gasteiger partial charge in [-0.1, -0.05) is 0 Å². The van der Waals surface area contributed by atoms with Crippen molar-refractivity contribution in [3.63, 3.8) is 0 Å². The molecule has 3 aromatic rings. The number of nitrogens with one attached hydrogen (secondary N) is 1. The molecule has 0 fully saturated rings. The van der Waals surface area contributed by atoms with E-state index in [1.54, 1.807) is 30.3 Å². The Labute approximate surface area is 157 Å². The average Bonchev–Trinajstić information content (AvgIpc) is 3.07. The van der Waals surface area contributed by atoms with Gasteiger partial charge in [0, 0.05) is 17.1 Å². The predicted octanol–water partition coefficient (Wildman–Crippen LogP) is 4.26. The van der Waals surface area contributed by atoms with Gasteiger partial charge in [-0.05, 0) is 67.8 Å². The molecule has 0 aliphatic carbocycles. The molecule has 3 rings (SSSR count). The molecule has 0 unspecified atom stereocenters. The minimum absolute atomic E-state index is 0.147. The summed E-state index contributed by atoms with van der Waals surface area (Å²) in [6.07, 6.45) is 3.20. The molecule has 27 heavy (non-hydrogen) atoms. The lowest BCUT2D eigenvalue weighted by Gasteiger charge is -2.08. The molecule has 5 nitrogen and oxygen atoms in total. The van der Waals surface area contributed by atoms with E-state index in [0.717, 1.165) is 22.2 Å². The Morgan fingerprint density at radius 2 is 1.81 bits per heavy atom. The van der Waals surface area contributed by atoms with Crippen LogP contribution in [0.15, 0.2) is 48.7 Å². The Bertz CT molecular complexity index is 889. The molecule has 1 heterocycles. The summed E-state index contributed by atoms with van der Waals surface area (Å²) in [4.78, 5) is 14.9. The summed E-state index contributed by atoms with van der Waals surface area (Å²) in [7, 11) is 0. The van der Waals surface area contributed by atoms with Crippen molar-refractivity contribution in [3.05, 3.63) is 60.0 Å². The summed E-state index contributed by atoms with van der Waals surface area (Å²) in [5.41, 5.74) is 1.90. The van der Waals surface area contributed by atoms with E-state index in [1.165, 1.54) is 12.1 Å². The van der Waals surface area contributed by atoms with Gasteiger partial charge < -0.3 is 19.2 Å². The number of aryl methyl sites for hydroxylation is 1. The molecule has 1 aromatic heterocycles. The van der Waals surface area contributed by atoms with Crippen molar-refractivity contribution in [3.8, 4) is 11.5 Å². The molecule has 0 radical (unpaired) electrons. The number of aromatic amines is 1. The van der Waals surface area contributed by atoms with Gasteiger partial charge in [0.25, 0.3) is 0 Å². The van der Waals surface area contributed by atoms with Gasteiger partial charge in [-0.3, -0.25) is 0 Å². The van der Waals surface area contributed by atoms with Crippen molar-refractivity contribution in [1.82, 2.24) is 4.98 Å². The van der Waals surface area contributed by atoms with Crippen molar-refractivity contribution in [1.29, 1.82) is 0 Å². The Morgan fingerprint density at radius 3 is 2.56 bits per heavy atom. The molecule has 142 valence electrons. The van der Waals surface area contributed by atoms with Crippen molar-refractivity contribution < 1.29 is 23.4 Å². The smallest absolute Gasteiger partial charge is 0.344 e. The van der Waals surface area contributed by atoms with E-state index in [1.807, 2.05) is 13.1 Å². The Balaban J connectivity index is 1.38. The van der Waals surface area contributed by atoms with Gasteiger partial charge in [0.15, 0.2) is 6.61 Å². The monoisotopic (exact) mass is 371 g/mol. The first-order valence-corrected chi connectivity index (χ1v) is 8.92. The second-order valence-corrected chi connectivity index (χ2v) is 6.02. The van der Waals surface area contributed by atoms with Crippen molar-refractivity contribution in [2.24, 2.45) is 0 Å². The summed E-state index contributed by atoms with van der Waals surface area (Å²) in [6.45, 7) is 2.65. The van der Waals surface area contributed by atoms with Gasteiger partial charge in [0.2, 0.25) is 0 Å². The lowest BCUT2D eigenvalue weighted by Crippen LogP contribution is -2.15. The van der Waals surface area contributed by atoms with Crippen LogP contribution in [0.5, 0.6) is 11.5 Å². The van der Waals surface area contributed by atoms with Crippen molar-refractivity contribution >= 4 is 16.9 Å². The number of carbonyl (C=O) groups is 1. The lowest BCUT2D eigenvalue weighted by molar-refractivity contribution is -0.146. The number of benzene rings is 2. The van der Waals surface area contributed by atoms with E-state index in [-0.39, 0.29) is 19.0 Å². The number of ether oxygens (including phenoxy) is 3. The number of aromatic nitrogens is 1. The first kappa shape index (κ1) is 18.8. The SMILES string of the molecule is CCOc1ccc(OCC(=O)OCCCc2c[nH]c3ccc(F)cc23)cc1. The molecule has 2 aromatic carbocycles. The van der Waals surface area contributed by atoms with Crippen LogP contribution in [0.2, 0.25) is 0 Å². The molecule has 0 saturated heterocycles. The van der Waals surface area contributed by atoms with Gasteiger partial charge in [0.1, 0.15) is 17.3 Å². The second-order valence-electron chi connectivity index (χ2n) is 6.02. The van der Waals surface area contributed by atoms with Crippen LogP contribution in [0.25, 0.3) is 10.9 Å². The van der Waals surface area contributed by atoms with E-state index < -0.39 is 5.97 Å². The zero-order chi connectivity index (χ0) is 19.1. The van der Waals surface area contributed by atoms with Gasteiger partial charge in [-0.15, -0.1) is 0 Å². The number of H-pyrrole nitrogens is 1. The highest BCUT2D eigenvalue weighted by molar-refractivity contribution is 5.83. The number of carbonyl (C=O) groups excluding carboxylic acids is 1. The number of hydrogen-bond acceptors (Lipinski definition) is 4. The third-order valence-electron chi connectivity index (χ3n) is 4.07. The van der Waals surface area contributed by atoms with Crippen LogP contribution in [0.3, 0.4) is 0 Å². The molecule has 1 N–H and O–H groups in total. The summed E-state index contributed by atoms with van der Waals surface area (Å²) in [5, 5.41) is 0.861. The fourth-order valence-corrected chi connectivity index (χ4v) is 2.79. The van der Waals surface area contributed by atoms with Crippen LogP contribution in [0.4, 0.5) is 4.39 Å². The maximum absolute atomic E-state index is 13.4. The summed E-state index contributed by atoms with van der Waals surface area (Å²) >= 11 is 0. The average molecular weight is 371 g/mol. The number of halogens is 1. The number of fused-ring (bicyclic) bond motifs is 1. The third kappa shape index (κ3) is 5.23. The summed E-state index contributed by atoms with van der Waals surface area (Å²) in [6, 6.07) is 11.7. The molecule has 0 bridgehead atoms. The molecular weight excluding hydrogens is 349 g/mol. The zero-order valence-electron chi connectivity index (χ0n) is 15.2. The minimum atomic E-state index is -0.422. The molecule has 0 aliphatic heterocycles. The number of esters is 1. The fraction of sp³-hybridized carbons (Fsp3) is 0.286. The van der Waals surface area contributed by atoms with Crippen LogP contribution >= 0.6 is 0 Å². The first-order valence-electron chi connectivity index (χ1n) is 8.92. The number of hydrogen-bond donors (Lipinski definition) is 1. The van der Waals surface area contributed by atoms with E-state index in [9.17, 15) is 9.18 Å². The molecule has 6 heteroatoms. The summed E-state index contributed by atoms with van der Waals surface area (Å²) in [5.74, 6) is 0.649. The molecule has 0 atom stereocenters. The minimum Gasteiger partial charge on any atom is -0.494 e. The second kappa shape index (κ2) is 9.07. The molecule has 0 aliphatic rings. The Morgan fingerprint density at radius 1 is 1.07 bits per heavy atom. The maximum Gasteiger partial charge on any atom is 0.344 e. The normalized spacial score (nSPS) is 10.7. The van der Waals surface area contributed by atoms with Gasteiger partial charge in [-0.25, -0.2) is 9.18 Å². The Kier molecular flexibility index (Phi) is 6.30. The highest BCUT2D eigenvalue weighted by atomic mass is 19.1. The van der Waals surface area contributed by atoms with Crippen LogP contribution in [0, 0.1) is 5.82 Å². The lowest BCUT2D eigenvalue weighted by atomic mass is 10.1. The van der Waals surface area contributed by atoms with E-state index in [0.29, 0.717) is 25.2 Å².